The average molecular weight is 180 g/mol. The Morgan fingerprint density at radius 3 is 2.77 bits per heavy atom. The van der Waals surface area contributed by atoms with E-state index in [0.29, 0.717) is 12.3 Å². The van der Waals surface area contributed by atoms with Crippen molar-refractivity contribution in [2.45, 2.75) is 26.2 Å². The highest BCUT2D eigenvalue weighted by molar-refractivity contribution is 5.51. The van der Waals surface area contributed by atoms with Crippen molar-refractivity contribution < 1.29 is 5.11 Å². The second-order valence-electron chi connectivity index (χ2n) is 3.40. The van der Waals surface area contributed by atoms with E-state index >= 15 is 0 Å². The molecule has 13 heavy (non-hydrogen) atoms. The topological polar surface area (TPSA) is 59.1 Å². The second kappa shape index (κ2) is 4.23. The maximum atomic E-state index is 8.80. The van der Waals surface area contributed by atoms with Gasteiger partial charge in [-0.25, -0.2) is 0 Å². The van der Waals surface area contributed by atoms with Crippen molar-refractivity contribution in [3.05, 3.63) is 23.5 Å². The molecule has 0 aliphatic heterocycles. The van der Waals surface area contributed by atoms with Gasteiger partial charge in [0.1, 0.15) is 0 Å². The number of nitrogen functional groups attached to an aromatic ring is 1. The molecule has 0 aliphatic carbocycles. The van der Waals surface area contributed by atoms with Crippen molar-refractivity contribution in [2.75, 3.05) is 12.3 Å². The first kappa shape index (κ1) is 9.99. The average Bonchev–Trinajstić information content (AvgIpc) is 2.08. The van der Waals surface area contributed by atoms with Gasteiger partial charge in [0.05, 0.1) is 11.4 Å². The van der Waals surface area contributed by atoms with Crippen LogP contribution in [0.5, 0.6) is 0 Å². The Balaban J connectivity index is 3.03. The van der Waals surface area contributed by atoms with Crippen LogP contribution in [-0.4, -0.2) is 16.7 Å². The summed E-state index contributed by atoms with van der Waals surface area (Å²) in [5.74, 6) is 0.332. The lowest BCUT2D eigenvalue weighted by Gasteiger charge is -2.11. The van der Waals surface area contributed by atoms with E-state index in [2.05, 4.69) is 18.8 Å². The first-order chi connectivity index (χ1) is 6.16. The minimum absolute atomic E-state index is 0.131. The van der Waals surface area contributed by atoms with Gasteiger partial charge in [-0.1, -0.05) is 13.8 Å². The van der Waals surface area contributed by atoms with E-state index in [-0.39, 0.29) is 6.61 Å². The fourth-order valence-corrected chi connectivity index (χ4v) is 1.33. The molecule has 72 valence electrons. The molecule has 1 heterocycles. The lowest BCUT2D eigenvalue weighted by atomic mass is 10.0. The van der Waals surface area contributed by atoms with Crippen LogP contribution < -0.4 is 5.73 Å². The van der Waals surface area contributed by atoms with E-state index in [1.807, 2.05) is 6.07 Å². The Morgan fingerprint density at radius 2 is 2.23 bits per heavy atom. The zero-order valence-electron chi connectivity index (χ0n) is 8.12. The van der Waals surface area contributed by atoms with Crippen molar-refractivity contribution in [1.82, 2.24) is 4.98 Å². The second-order valence-corrected chi connectivity index (χ2v) is 3.40. The minimum Gasteiger partial charge on any atom is -0.397 e. The molecule has 0 bridgehead atoms. The molecule has 1 aromatic heterocycles. The number of aromatic nitrogens is 1. The minimum atomic E-state index is 0.131. The Kier molecular flexibility index (Phi) is 3.25. The smallest absolute Gasteiger partial charge is 0.0660 e. The SMILES string of the molecule is CC(C)c1nccc(CCO)c1N. The summed E-state index contributed by atoms with van der Waals surface area (Å²) < 4.78 is 0. The fourth-order valence-electron chi connectivity index (χ4n) is 1.33. The molecule has 1 rings (SSSR count). The summed E-state index contributed by atoms with van der Waals surface area (Å²) in [5.41, 5.74) is 8.53. The quantitative estimate of drug-likeness (QED) is 0.737. The largest absolute Gasteiger partial charge is 0.397 e. The highest BCUT2D eigenvalue weighted by Gasteiger charge is 2.08. The molecule has 0 aliphatic rings. The Hall–Kier alpha value is -1.09. The zero-order chi connectivity index (χ0) is 9.84. The van der Waals surface area contributed by atoms with E-state index in [4.69, 9.17) is 10.8 Å². The molecule has 0 amide bonds. The molecule has 3 nitrogen and oxygen atoms in total. The van der Waals surface area contributed by atoms with Gasteiger partial charge in [-0.3, -0.25) is 4.98 Å². The van der Waals surface area contributed by atoms with Crippen LogP contribution >= 0.6 is 0 Å². The molecule has 0 saturated carbocycles. The van der Waals surface area contributed by atoms with Crippen LogP contribution in [0.1, 0.15) is 31.0 Å². The van der Waals surface area contributed by atoms with Gasteiger partial charge in [0.25, 0.3) is 0 Å². The molecule has 0 saturated heterocycles. The predicted molar refractivity (Wildman–Crippen MR) is 53.5 cm³/mol. The van der Waals surface area contributed by atoms with Crippen molar-refractivity contribution in [2.24, 2.45) is 0 Å². The maximum absolute atomic E-state index is 8.80. The van der Waals surface area contributed by atoms with Gasteiger partial charge in [-0.2, -0.15) is 0 Å². The number of hydrogen-bond donors (Lipinski definition) is 2. The molecule has 0 unspecified atom stereocenters. The van der Waals surface area contributed by atoms with E-state index in [0.717, 1.165) is 16.9 Å². The van der Waals surface area contributed by atoms with Crippen molar-refractivity contribution in [3.8, 4) is 0 Å². The summed E-state index contributed by atoms with van der Waals surface area (Å²) in [4.78, 5) is 4.21. The lowest BCUT2D eigenvalue weighted by Crippen LogP contribution is -2.05. The van der Waals surface area contributed by atoms with Crippen LogP contribution in [0.3, 0.4) is 0 Å². The third-order valence-electron chi connectivity index (χ3n) is 2.04. The Bertz CT molecular complexity index is 284. The summed E-state index contributed by atoms with van der Waals surface area (Å²) in [5, 5.41) is 8.80. The zero-order valence-corrected chi connectivity index (χ0v) is 8.12. The molecule has 1 aromatic rings. The molecule has 0 atom stereocenters. The van der Waals surface area contributed by atoms with Gasteiger partial charge in [-0.15, -0.1) is 0 Å². The first-order valence-corrected chi connectivity index (χ1v) is 4.51. The summed E-state index contributed by atoms with van der Waals surface area (Å²) in [6, 6.07) is 1.86. The van der Waals surface area contributed by atoms with Gasteiger partial charge in [-0.05, 0) is 24.0 Å². The Labute approximate surface area is 78.6 Å². The normalized spacial score (nSPS) is 10.8. The monoisotopic (exact) mass is 180 g/mol. The van der Waals surface area contributed by atoms with E-state index < -0.39 is 0 Å². The van der Waals surface area contributed by atoms with Crippen LogP contribution in [0.15, 0.2) is 12.3 Å². The van der Waals surface area contributed by atoms with Gasteiger partial charge in [0.2, 0.25) is 0 Å². The lowest BCUT2D eigenvalue weighted by molar-refractivity contribution is 0.300. The van der Waals surface area contributed by atoms with Crippen molar-refractivity contribution >= 4 is 5.69 Å². The van der Waals surface area contributed by atoms with Crippen molar-refractivity contribution in [1.29, 1.82) is 0 Å². The summed E-state index contributed by atoms with van der Waals surface area (Å²) in [6.45, 7) is 4.24. The predicted octanol–water partition coefficient (Wildman–Crippen LogP) is 1.32. The molecule has 0 radical (unpaired) electrons. The number of nitrogens with two attached hydrogens (primary N) is 1. The highest BCUT2D eigenvalue weighted by atomic mass is 16.2. The molecule has 0 spiro atoms. The van der Waals surface area contributed by atoms with E-state index in [1.165, 1.54) is 0 Å². The van der Waals surface area contributed by atoms with Crippen molar-refractivity contribution in [3.63, 3.8) is 0 Å². The molecule has 3 N–H and O–H groups in total. The van der Waals surface area contributed by atoms with Gasteiger partial charge in [0.15, 0.2) is 0 Å². The Morgan fingerprint density at radius 1 is 1.54 bits per heavy atom. The van der Waals surface area contributed by atoms with Gasteiger partial charge < -0.3 is 10.8 Å². The number of anilines is 1. The van der Waals surface area contributed by atoms with Crippen LogP contribution in [0.25, 0.3) is 0 Å². The maximum Gasteiger partial charge on any atom is 0.0660 e. The third-order valence-corrected chi connectivity index (χ3v) is 2.04. The highest BCUT2D eigenvalue weighted by Crippen LogP contribution is 2.22. The van der Waals surface area contributed by atoms with E-state index in [9.17, 15) is 0 Å². The van der Waals surface area contributed by atoms with Crippen LogP contribution in [0.2, 0.25) is 0 Å². The van der Waals surface area contributed by atoms with Crippen LogP contribution in [0, 0.1) is 0 Å². The first-order valence-electron chi connectivity index (χ1n) is 4.51. The van der Waals surface area contributed by atoms with Crippen LogP contribution in [-0.2, 0) is 6.42 Å². The molecule has 0 aromatic carbocycles. The molecular formula is C10H16N2O. The number of pyridine rings is 1. The number of nitrogens with zero attached hydrogens (tertiary/aromatic N) is 1. The molecule has 0 fully saturated rings. The number of aliphatic hydroxyl groups excluding tert-OH is 1. The molecular weight excluding hydrogens is 164 g/mol. The third kappa shape index (κ3) is 2.18. The van der Waals surface area contributed by atoms with Gasteiger partial charge in [0, 0.05) is 12.8 Å². The number of aliphatic hydroxyl groups is 1. The van der Waals surface area contributed by atoms with Gasteiger partial charge >= 0.3 is 0 Å². The fraction of sp³-hybridized carbons (Fsp3) is 0.500. The standard InChI is InChI=1S/C10H16N2O/c1-7(2)10-9(11)8(4-6-13)3-5-12-10/h3,5,7,13H,4,6,11H2,1-2H3. The summed E-state index contributed by atoms with van der Waals surface area (Å²) in [7, 11) is 0. The van der Waals surface area contributed by atoms with Crippen LogP contribution in [0.4, 0.5) is 5.69 Å². The summed E-state index contributed by atoms with van der Waals surface area (Å²) in [6.07, 6.45) is 2.35. The number of rotatable bonds is 3. The molecule has 3 heteroatoms. The van der Waals surface area contributed by atoms with E-state index in [1.54, 1.807) is 6.20 Å². The number of hydrogen-bond acceptors (Lipinski definition) is 3. The summed E-state index contributed by atoms with van der Waals surface area (Å²) >= 11 is 0.